The van der Waals surface area contributed by atoms with E-state index in [2.05, 4.69) is 11.9 Å². The predicted octanol–water partition coefficient (Wildman–Crippen LogP) is -0.587. The molecular formula is C9H20N2O2S. The van der Waals surface area contributed by atoms with Crippen LogP contribution < -0.4 is 5.73 Å². The highest BCUT2D eigenvalue weighted by Gasteiger charge is 2.21. The van der Waals surface area contributed by atoms with Gasteiger partial charge in [0.1, 0.15) is 0 Å². The van der Waals surface area contributed by atoms with E-state index in [1.54, 1.807) is 0 Å². The fraction of sp³-hybridized carbons (Fsp3) is 1.00. The first-order chi connectivity index (χ1) is 6.63. The van der Waals surface area contributed by atoms with E-state index in [1.165, 1.54) is 0 Å². The summed E-state index contributed by atoms with van der Waals surface area (Å²) in [6.45, 7) is 4.99. The Hall–Kier alpha value is 0.0300. The Morgan fingerprint density at radius 1 is 1.71 bits per heavy atom. The van der Waals surface area contributed by atoms with E-state index < -0.39 is 10.8 Å². The van der Waals surface area contributed by atoms with Crippen LogP contribution in [-0.2, 0) is 15.5 Å². The fourth-order valence-corrected chi connectivity index (χ4v) is 2.53. The monoisotopic (exact) mass is 220 g/mol. The summed E-state index contributed by atoms with van der Waals surface area (Å²) in [6.07, 6.45) is 0.114. The normalized spacial score (nSPS) is 28.6. The van der Waals surface area contributed by atoms with Gasteiger partial charge in [0.15, 0.2) is 0 Å². The highest BCUT2D eigenvalue weighted by atomic mass is 32.2. The number of ether oxygens (including phenoxy) is 1. The first kappa shape index (κ1) is 12.1. The summed E-state index contributed by atoms with van der Waals surface area (Å²) in [5.74, 6) is 0.614. The van der Waals surface area contributed by atoms with Gasteiger partial charge >= 0.3 is 0 Å². The van der Waals surface area contributed by atoms with E-state index in [-0.39, 0.29) is 11.4 Å². The van der Waals surface area contributed by atoms with Crippen molar-refractivity contribution in [1.82, 2.24) is 4.90 Å². The van der Waals surface area contributed by atoms with Crippen LogP contribution in [0.2, 0.25) is 0 Å². The highest BCUT2D eigenvalue weighted by Crippen LogP contribution is 2.06. The lowest BCUT2D eigenvalue weighted by Gasteiger charge is -2.30. The molecule has 1 heterocycles. The van der Waals surface area contributed by atoms with Crippen LogP contribution in [0.15, 0.2) is 0 Å². The van der Waals surface area contributed by atoms with Gasteiger partial charge in [-0.05, 0) is 14.0 Å². The van der Waals surface area contributed by atoms with Gasteiger partial charge in [-0.15, -0.1) is 0 Å². The predicted molar refractivity (Wildman–Crippen MR) is 58.8 cm³/mol. The Balaban J connectivity index is 2.32. The molecule has 0 amide bonds. The van der Waals surface area contributed by atoms with E-state index in [9.17, 15) is 4.21 Å². The summed E-state index contributed by atoms with van der Waals surface area (Å²) in [7, 11) is 1.21. The van der Waals surface area contributed by atoms with Crippen molar-refractivity contribution in [2.45, 2.75) is 18.3 Å². The zero-order chi connectivity index (χ0) is 10.6. The lowest BCUT2D eigenvalue weighted by Crippen LogP contribution is -2.43. The Kier molecular flexibility index (Phi) is 5.01. The largest absolute Gasteiger partial charge is 0.375 e. The van der Waals surface area contributed by atoms with E-state index in [0.29, 0.717) is 12.3 Å². The minimum absolute atomic E-state index is 0.0748. The zero-order valence-corrected chi connectivity index (χ0v) is 9.76. The SMILES string of the molecule is CC(CN)S(=O)CC1CN(C)CCO1. The van der Waals surface area contributed by atoms with Gasteiger partial charge in [0.25, 0.3) is 0 Å². The Morgan fingerprint density at radius 3 is 3.00 bits per heavy atom. The summed E-state index contributed by atoms with van der Waals surface area (Å²) >= 11 is 0. The third-order valence-corrected chi connectivity index (χ3v) is 4.26. The smallest absolute Gasteiger partial charge is 0.0817 e. The van der Waals surface area contributed by atoms with Crippen LogP contribution in [0.5, 0.6) is 0 Å². The average Bonchev–Trinajstić information content (AvgIpc) is 2.16. The van der Waals surface area contributed by atoms with Crippen LogP contribution in [0.3, 0.4) is 0 Å². The molecule has 1 aliphatic rings. The molecule has 5 heteroatoms. The number of rotatable bonds is 4. The van der Waals surface area contributed by atoms with E-state index in [0.717, 1.165) is 19.7 Å². The quantitative estimate of drug-likeness (QED) is 0.688. The topological polar surface area (TPSA) is 55.6 Å². The Bertz CT molecular complexity index is 201. The second-order valence-electron chi connectivity index (χ2n) is 3.85. The second-order valence-corrected chi connectivity index (χ2v) is 5.75. The van der Waals surface area contributed by atoms with Crippen molar-refractivity contribution < 1.29 is 8.95 Å². The third kappa shape index (κ3) is 3.65. The molecule has 0 bridgehead atoms. The molecule has 1 saturated heterocycles. The Morgan fingerprint density at radius 2 is 2.43 bits per heavy atom. The lowest BCUT2D eigenvalue weighted by atomic mass is 10.3. The van der Waals surface area contributed by atoms with Crippen molar-refractivity contribution in [3.63, 3.8) is 0 Å². The maximum absolute atomic E-state index is 11.7. The molecule has 1 fully saturated rings. The van der Waals surface area contributed by atoms with Gasteiger partial charge in [0, 0.05) is 35.7 Å². The second kappa shape index (κ2) is 5.80. The Labute approximate surface area is 88.2 Å². The maximum atomic E-state index is 11.7. The van der Waals surface area contributed by atoms with Crippen molar-refractivity contribution in [2.75, 3.05) is 39.0 Å². The standard InChI is InChI=1S/C9H20N2O2S/c1-8(5-10)14(12)7-9-6-11(2)3-4-13-9/h8-9H,3-7,10H2,1-2H3. The van der Waals surface area contributed by atoms with Crippen molar-refractivity contribution in [1.29, 1.82) is 0 Å². The molecule has 0 radical (unpaired) electrons. The molecule has 0 aromatic carbocycles. The number of hydrogen-bond donors (Lipinski definition) is 1. The van der Waals surface area contributed by atoms with Crippen molar-refractivity contribution >= 4 is 10.8 Å². The summed E-state index contributed by atoms with van der Waals surface area (Å²) < 4.78 is 17.2. The summed E-state index contributed by atoms with van der Waals surface area (Å²) in [6, 6.07) is 0. The molecule has 14 heavy (non-hydrogen) atoms. The van der Waals surface area contributed by atoms with Crippen LogP contribution in [0, 0.1) is 0 Å². The molecule has 1 aliphatic heterocycles. The molecule has 4 nitrogen and oxygen atoms in total. The van der Waals surface area contributed by atoms with Gasteiger partial charge in [-0.2, -0.15) is 0 Å². The number of nitrogens with zero attached hydrogens (tertiary/aromatic N) is 1. The van der Waals surface area contributed by atoms with Crippen LogP contribution in [0.1, 0.15) is 6.92 Å². The van der Waals surface area contributed by atoms with Crippen LogP contribution in [-0.4, -0.2) is 59.5 Å². The van der Waals surface area contributed by atoms with Crippen LogP contribution >= 0.6 is 0 Å². The molecule has 0 saturated carbocycles. The zero-order valence-electron chi connectivity index (χ0n) is 8.94. The van der Waals surface area contributed by atoms with E-state index in [4.69, 9.17) is 10.5 Å². The maximum Gasteiger partial charge on any atom is 0.0817 e. The average molecular weight is 220 g/mol. The molecule has 0 aliphatic carbocycles. The van der Waals surface area contributed by atoms with Gasteiger partial charge in [-0.3, -0.25) is 4.21 Å². The first-order valence-corrected chi connectivity index (χ1v) is 6.39. The molecule has 2 N–H and O–H groups in total. The summed E-state index contributed by atoms with van der Waals surface area (Å²) in [5.41, 5.74) is 5.46. The molecule has 84 valence electrons. The molecule has 3 atom stereocenters. The molecule has 3 unspecified atom stereocenters. The molecule has 1 rings (SSSR count). The van der Waals surface area contributed by atoms with Gasteiger partial charge < -0.3 is 15.4 Å². The van der Waals surface area contributed by atoms with Crippen LogP contribution in [0.25, 0.3) is 0 Å². The van der Waals surface area contributed by atoms with E-state index >= 15 is 0 Å². The summed E-state index contributed by atoms with van der Waals surface area (Å²) in [4.78, 5) is 2.21. The van der Waals surface area contributed by atoms with Gasteiger partial charge in [-0.25, -0.2) is 0 Å². The first-order valence-electron chi connectivity index (χ1n) is 5.01. The number of morpholine rings is 1. The van der Waals surface area contributed by atoms with Crippen molar-refractivity contribution in [3.05, 3.63) is 0 Å². The number of likely N-dealkylation sites (N-methyl/N-ethyl adjacent to an activating group) is 1. The van der Waals surface area contributed by atoms with Gasteiger partial charge in [0.05, 0.1) is 18.5 Å². The van der Waals surface area contributed by atoms with Crippen LogP contribution in [0.4, 0.5) is 0 Å². The van der Waals surface area contributed by atoms with Crippen molar-refractivity contribution in [2.24, 2.45) is 5.73 Å². The number of nitrogens with two attached hydrogens (primary N) is 1. The molecule has 0 spiro atoms. The summed E-state index contributed by atoms with van der Waals surface area (Å²) in [5, 5.41) is 0.0748. The van der Waals surface area contributed by atoms with Crippen molar-refractivity contribution in [3.8, 4) is 0 Å². The lowest BCUT2D eigenvalue weighted by molar-refractivity contribution is -0.00645. The molecule has 0 aromatic rings. The highest BCUT2D eigenvalue weighted by molar-refractivity contribution is 7.85. The molecule has 0 aromatic heterocycles. The minimum atomic E-state index is -0.854. The van der Waals surface area contributed by atoms with Gasteiger partial charge in [0.2, 0.25) is 0 Å². The van der Waals surface area contributed by atoms with E-state index in [1.807, 2.05) is 6.92 Å². The third-order valence-electron chi connectivity index (χ3n) is 2.47. The number of hydrogen-bond acceptors (Lipinski definition) is 4. The fourth-order valence-electron chi connectivity index (χ4n) is 1.42. The molecular weight excluding hydrogens is 200 g/mol. The minimum Gasteiger partial charge on any atom is -0.375 e. The van der Waals surface area contributed by atoms with Gasteiger partial charge in [-0.1, -0.05) is 0 Å².